The SMILES string of the molecule is COC(=O)C(Cc1c[nH]c2ccccc12)NC(=O)[C@@H]1C(O)C[C@@]2(O)C[C@@H](O)C[C@@H](O)[C@H](O)CC[C@@H](O)C[C@@H](O)CC(=O)OC(C)C(C)[C@H](O)C(C)/C=C/C=C/C=C/C=C/C=C/C=C/C=C/[C@H](OC3OC(C)C(O)C(N)C3O)CC1O2. The number of allylic oxidation sites excluding steroid dienone is 12. The van der Waals surface area contributed by atoms with Crippen LogP contribution in [0.25, 0.3) is 10.9 Å². The van der Waals surface area contributed by atoms with E-state index >= 15 is 0 Å². The van der Waals surface area contributed by atoms with Crippen LogP contribution in [0.15, 0.2) is 116 Å². The van der Waals surface area contributed by atoms with Crippen LogP contribution in [0, 0.1) is 17.8 Å². The van der Waals surface area contributed by atoms with Crippen molar-refractivity contribution < 1.29 is 89.1 Å². The van der Waals surface area contributed by atoms with Gasteiger partial charge in [0, 0.05) is 61.0 Å². The number of methoxy groups -OCH3 is 1. The van der Waals surface area contributed by atoms with Crippen LogP contribution < -0.4 is 11.1 Å². The Balaban J connectivity index is 1.44. The number of hydrogen-bond acceptors (Lipinski definition) is 19. The van der Waals surface area contributed by atoms with Crippen LogP contribution in [-0.2, 0) is 44.5 Å². The first kappa shape index (κ1) is 65.6. The van der Waals surface area contributed by atoms with Gasteiger partial charge < -0.3 is 90.8 Å². The van der Waals surface area contributed by atoms with Crippen LogP contribution in [0.5, 0.6) is 0 Å². The fourth-order valence-electron chi connectivity index (χ4n) is 10.1. The number of aliphatic hydroxyl groups is 10. The van der Waals surface area contributed by atoms with Gasteiger partial charge in [-0.1, -0.05) is 117 Å². The third kappa shape index (κ3) is 19.8. The summed E-state index contributed by atoms with van der Waals surface area (Å²) < 4.78 is 29.1. The highest BCUT2D eigenvalue weighted by Gasteiger charge is 2.51. The van der Waals surface area contributed by atoms with Gasteiger partial charge in [0.2, 0.25) is 5.91 Å². The highest BCUT2D eigenvalue weighted by atomic mass is 16.7. The maximum atomic E-state index is 14.6. The minimum atomic E-state index is -2.40. The van der Waals surface area contributed by atoms with E-state index in [2.05, 4.69) is 10.3 Å². The number of aromatic nitrogens is 1. The molecular weight excluding hydrogens is 1040 g/mol. The molecule has 4 heterocycles. The predicted molar refractivity (Wildman–Crippen MR) is 295 cm³/mol. The number of benzene rings is 1. The lowest BCUT2D eigenvalue weighted by atomic mass is 9.82. The first-order valence-electron chi connectivity index (χ1n) is 27.4. The number of aliphatic hydroxyl groups excluding tert-OH is 9. The highest BCUT2D eigenvalue weighted by Crippen LogP contribution is 2.38. The summed E-state index contributed by atoms with van der Waals surface area (Å²) in [6.07, 6.45) is 4.53. The Hall–Kier alpha value is -5.21. The summed E-state index contributed by atoms with van der Waals surface area (Å²) in [5.41, 5.74) is 7.62. The Kier molecular flexibility index (Phi) is 26.1. The number of fused-ring (bicyclic) bond motifs is 3. The van der Waals surface area contributed by atoms with Crippen molar-refractivity contribution in [3.8, 4) is 0 Å². The molecule has 2 saturated heterocycles. The zero-order chi connectivity index (χ0) is 58.7. The molecule has 1 aromatic heterocycles. The Morgan fingerprint density at radius 1 is 0.738 bits per heavy atom. The molecule has 5 rings (SSSR count). The lowest BCUT2D eigenvalue weighted by molar-refractivity contribution is -0.307. The topological polar surface area (TPSA) is 354 Å². The van der Waals surface area contributed by atoms with Crippen LogP contribution in [0.4, 0.5) is 0 Å². The second-order valence-corrected chi connectivity index (χ2v) is 21.4. The number of rotatable bonds is 7. The molecule has 2 bridgehead atoms. The second-order valence-electron chi connectivity index (χ2n) is 21.4. The molecule has 0 spiro atoms. The number of nitrogens with two attached hydrogens (primary N) is 1. The van der Waals surface area contributed by atoms with Gasteiger partial charge in [0.25, 0.3) is 0 Å². The van der Waals surface area contributed by atoms with Gasteiger partial charge in [-0.2, -0.15) is 0 Å². The molecule has 3 aliphatic rings. The van der Waals surface area contributed by atoms with E-state index in [1.54, 1.807) is 86.9 Å². The first-order valence-corrected chi connectivity index (χ1v) is 27.4. The average molecular weight is 1120 g/mol. The average Bonchev–Trinajstić information content (AvgIpc) is 3.86. The summed E-state index contributed by atoms with van der Waals surface area (Å²) >= 11 is 0. The highest BCUT2D eigenvalue weighted by molar-refractivity contribution is 5.88. The maximum absolute atomic E-state index is 14.6. The number of para-hydroxylation sites is 1. The molecule has 2 aromatic rings. The van der Waals surface area contributed by atoms with Gasteiger partial charge in [0.15, 0.2) is 12.1 Å². The van der Waals surface area contributed by atoms with E-state index in [-0.39, 0.29) is 38.0 Å². The smallest absolute Gasteiger partial charge is 0.328 e. The van der Waals surface area contributed by atoms with Gasteiger partial charge in [-0.25, -0.2) is 4.79 Å². The molecule has 11 unspecified atom stereocenters. The number of amides is 1. The van der Waals surface area contributed by atoms with Crippen molar-refractivity contribution in [3.63, 3.8) is 0 Å². The minimum absolute atomic E-state index is 0.0259. The molecule has 21 heteroatoms. The molecule has 2 fully saturated rings. The fourth-order valence-corrected chi connectivity index (χ4v) is 10.1. The second kappa shape index (κ2) is 31.9. The number of H-pyrrole nitrogens is 1. The third-order valence-electron chi connectivity index (χ3n) is 14.9. The summed E-state index contributed by atoms with van der Waals surface area (Å²) in [7, 11) is 1.16. The normalized spacial score (nSPS) is 39.5. The molecule has 444 valence electrons. The van der Waals surface area contributed by atoms with E-state index in [1.165, 1.54) is 6.92 Å². The molecule has 20 atom stereocenters. The number of carbonyl (C=O) groups excluding carboxylic acids is 3. The van der Waals surface area contributed by atoms with E-state index in [1.807, 2.05) is 49.4 Å². The standard InChI is InChI=1S/C59H85N3O18/c1-34-20-16-14-12-10-8-6-7-9-11-13-15-17-21-42(79-58-55(72)52(60)54(71)37(4)78-58)30-49-51(56(73)62-45(57(74)76-5)26-38-33-61-44-23-19-18-22-43(38)44)48(68)32-59(75,80-49)31-41(65)28-47(67)46(66)25-24-39(63)27-40(64)29-50(69)77-36(3)35(2)53(34)70/h6-23,33-37,39-42,45-49,51-55,58,61,63-68,70-72,75H,24-32,60H2,1-5H3,(H,62,73)/b7-6+,10-8+,11-9+,14-12+,15-13+,20-16+,21-17+/t34?,35?,36?,37?,39-,40-,41+,42+,45?,46-,47-,48?,49?,51-,52?,53-,54?,55?,58?,59-/m1/s1. The maximum Gasteiger partial charge on any atom is 0.328 e. The molecule has 0 aliphatic carbocycles. The largest absolute Gasteiger partial charge is 0.467 e. The molecule has 0 saturated carbocycles. The lowest BCUT2D eigenvalue weighted by Crippen LogP contribution is -2.62. The Bertz CT molecular complexity index is 2470. The third-order valence-corrected chi connectivity index (χ3v) is 14.9. The summed E-state index contributed by atoms with van der Waals surface area (Å²) in [6, 6.07) is 4.88. The monoisotopic (exact) mass is 1120 g/mol. The molecule has 21 nitrogen and oxygen atoms in total. The summed E-state index contributed by atoms with van der Waals surface area (Å²) in [6.45, 7) is 6.75. The van der Waals surface area contributed by atoms with Gasteiger partial charge in [-0.05, 0) is 44.7 Å². The van der Waals surface area contributed by atoms with Crippen LogP contribution in [0.1, 0.15) is 84.6 Å². The molecule has 14 N–H and O–H groups in total. The summed E-state index contributed by atoms with van der Waals surface area (Å²) in [5.74, 6) is -7.11. The van der Waals surface area contributed by atoms with Crippen molar-refractivity contribution in [2.45, 2.75) is 189 Å². The summed E-state index contributed by atoms with van der Waals surface area (Å²) in [5, 5.41) is 115. The van der Waals surface area contributed by atoms with E-state index in [4.69, 9.17) is 29.4 Å². The predicted octanol–water partition coefficient (Wildman–Crippen LogP) is 2.01. The van der Waals surface area contributed by atoms with Crippen LogP contribution >= 0.6 is 0 Å². The number of aromatic amines is 1. The molecule has 1 amide bonds. The summed E-state index contributed by atoms with van der Waals surface area (Å²) in [4.78, 5) is 43.8. The lowest BCUT2D eigenvalue weighted by Gasteiger charge is -2.46. The Morgan fingerprint density at radius 2 is 1.36 bits per heavy atom. The van der Waals surface area contributed by atoms with Crippen molar-refractivity contribution in [2.75, 3.05) is 7.11 Å². The van der Waals surface area contributed by atoms with E-state index in [0.29, 0.717) is 5.56 Å². The van der Waals surface area contributed by atoms with Gasteiger partial charge in [-0.15, -0.1) is 0 Å². The van der Waals surface area contributed by atoms with Crippen molar-refractivity contribution in [3.05, 3.63) is 121 Å². The minimum Gasteiger partial charge on any atom is -0.467 e. The van der Waals surface area contributed by atoms with Crippen LogP contribution in [0.3, 0.4) is 0 Å². The fraction of sp³-hybridized carbons (Fsp3) is 0.576. The number of hydrogen-bond donors (Lipinski definition) is 13. The zero-order valence-corrected chi connectivity index (χ0v) is 46.1. The quantitative estimate of drug-likeness (QED) is 0.176. The molecule has 0 radical (unpaired) electrons. The van der Waals surface area contributed by atoms with Gasteiger partial charge in [0.05, 0.1) is 92.6 Å². The molecule has 1 aromatic carbocycles. The number of carbonyl (C=O) groups is 3. The molecular formula is C59H85N3O18. The Labute approximate surface area is 467 Å². The van der Waals surface area contributed by atoms with Crippen molar-refractivity contribution in [1.29, 1.82) is 0 Å². The first-order chi connectivity index (χ1) is 38.0. The van der Waals surface area contributed by atoms with Gasteiger partial charge in [0.1, 0.15) is 18.2 Å². The number of esters is 2. The van der Waals surface area contributed by atoms with Gasteiger partial charge in [-0.3, -0.25) is 9.59 Å². The van der Waals surface area contributed by atoms with Gasteiger partial charge >= 0.3 is 11.9 Å². The number of cyclic esters (lactones) is 1. The van der Waals surface area contributed by atoms with Crippen molar-refractivity contribution in [2.24, 2.45) is 23.5 Å². The van der Waals surface area contributed by atoms with E-state index in [0.717, 1.165) is 18.0 Å². The van der Waals surface area contributed by atoms with Crippen LogP contribution in [0.2, 0.25) is 0 Å². The number of nitrogens with one attached hydrogen (secondary N) is 2. The van der Waals surface area contributed by atoms with Crippen molar-refractivity contribution in [1.82, 2.24) is 10.3 Å². The molecule has 3 aliphatic heterocycles. The van der Waals surface area contributed by atoms with Crippen LogP contribution in [-0.4, -0.2) is 185 Å². The van der Waals surface area contributed by atoms with E-state index in [9.17, 15) is 65.4 Å². The Morgan fingerprint density at radius 3 is 2.01 bits per heavy atom. The molecule has 80 heavy (non-hydrogen) atoms. The van der Waals surface area contributed by atoms with Crippen molar-refractivity contribution >= 4 is 28.7 Å². The zero-order valence-electron chi connectivity index (χ0n) is 46.1. The van der Waals surface area contributed by atoms with E-state index < -0.39 is 159 Å². The number of ether oxygens (including phenoxy) is 5.